The maximum Gasteiger partial charge on any atom is 0.428 e. The van der Waals surface area contributed by atoms with Gasteiger partial charge in [0.05, 0.1) is 18.3 Å². The highest BCUT2D eigenvalue weighted by atomic mass is 35.5. The Balaban J connectivity index is 2.60. The Bertz CT molecular complexity index is 481. The number of nitrogens with one attached hydrogen (secondary N) is 1. The number of methoxy groups -OCH3 is 1. The predicted octanol–water partition coefficient (Wildman–Crippen LogP) is 3.21. The lowest BCUT2D eigenvalue weighted by molar-refractivity contribution is 0.0529. The van der Waals surface area contributed by atoms with Crippen LogP contribution in [0.25, 0.3) is 0 Å². The van der Waals surface area contributed by atoms with Crippen LogP contribution in [0.4, 0.5) is 4.79 Å². The van der Waals surface area contributed by atoms with Crippen LogP contribution < -0.4 is 10.2 Å². The number of benzene rings is 1. The van der Waals surface area contributed by atoms with Crippen molar-refractivity contribution in [2.24, 2.45) is 5.10 Å². The van der Waals surface area contributed by atoms with Crippen LogP contribution in [0.1, 0.15) is 26.3 Å². The number of nitrogens with zero attached hydrogens (tertiary/aromatic N) is 1. The zero-order valence-corrected chi connectivity index (χ0v) is 12.1. The van der Waals surface area contributed by atoms with E-state index in [1.807, 2.05) is 0 Å². The Morgan fingerprint density at radius 3 is 2.68 bits per heavy atom. The molecule has 5 nitrogen and oxygen atoms in total. The number of amides is 1. The van der Waals surface area contributed by atoms with Gasteiger partial charge in [-0.1, -0.05) is 17.7 Å². The second-order valence-corrected chi connectivity index (χ2v) is 5.17. The maximum atomic E-state index is 11.3. The van der Waals surface area contributed by atoms with Gasteiger partial charge in [0.15, 0.2) is 0 Å². The summed E-state index contributed by atoms with van der Waals surface area (Å²) >= 11 is 5.89. The Hall–Kier alpha value is -1.75. The molecule has 0 aliphatic rings. The molecule has 0 fully saturated rings. The van der Waals surface area contributed by atoms with E-state index >= 15 is 0 Å². The molecule has 6 heteroatoms. The van der Waals surface area contributed by atoms with Crippen LogP contribution in [0.5, 0.6) is 5.75 Å². The second-order valence-electron chi connectivity index (χ2n) is 4.77. The first-order valence-electron chi connectivity index (χ1n) is 5.67. The number of hydrogen-bond donors (Lipinski definition) is 1. The summed E-state index contributed by atoms with van der Waals surface area (Å²) in [5, 5.41) is 4.30. The van der Waals surface area contributed by atoms with Crippen LogP contribution in [0.15, 0.2) is 23.3 Å². The molecule has 0 heterocycles. The molecule has 0 aromatic heterocycles. The van der Waals surface area contributed by atoms with E-state index < -0.39 is 11.7 Å². The molecule has 0 spiro atoms. The van der Waals surface area contributed by atoms with E-state index in [2.05, 4.69) is 10.5 Å². The van der Waals surface area contributed by atoms with Crippen LogP contribution in [0, 0.1) is 0 Å². The summed E-state index contributed by atoms with van der Waals surface area (Å²) in [5.41, 5.74) is 2.47. The van der Waals surface area contributed by atoms with Gasteiger partial charge in [0.2, 0.25) is 0 Å². The molecule has 1 aromatic carbocycles. The summed E-state index contributed by atoms with van der Waals surface area (Å²) in [6.45, 7) is 5.33. The third-order valence-electron chi connectivity index (χ3n) is 1.94. The van der Waals surface area contributed by atoms with E-state index in [1.54, 1.807) is 39.0 Å². The average molecular weight is 285 g/mol. The minimum atomic E-state index is -0.607. The monoisotopic (exact) mass is 284 g/mol. The molecule has 19 heavy (non-hydrogen) atoms. The summed E-state index contributed by atoms with van der Waals surface area (Å²) in [7, 11) is 1.53. The topological polar surface area (TPSA) is 59.9 Å². The lowest BCUT2D eigenvalue weighted by Crippen LogP contribution is -2.29. The number of hydrogen-bond acceptors (Lipinski definition) is 4. The number of ether oxygens (including phenoxy) is 2. The van der Waals surface area contributed by atoms with E-state index in [0.717, 1.165) is 5.56 Å². The number of carbonyl (C=O) groups excluding carboxylic acids is 1. The van der Waals surface area contributed by atoms with Gasteiger partial charge in [-0.3, -0.25) is 0 Å². The van der Waals surface area contributed by atoms with Crippen LogP contribution in [-0.2, 0) is 4.74 Å². The molecule has 0 radical (unpaired) electrons. The van der Waals surface area contributed by atoms with Crippen molar-refractivity contribution in [1.82, 2.24) is 5.43 Å². The van der Waals surface area contributed by atoms with Gasteiger partial charge in [-0.25, -0.2) is 10.2 Å². The number of halogens is 1. The van der Waals surface area contributed by atoms with Crippen molar-refractivity contribution in [3.63, 3.8) is 0 Å². The lowest BCUT2D eigenvalue weighted by Gasteiger charge is -2.18. The summed E-state index contributed by atoms with van der Waals surface area (Å²) in [6, 6.07) is 5.16. The molecule has 1 aromatic rings. The molecular formula is C13H17ClN2O3. The molecule has 1 amide bonds. The van der Waals surface area contributed by atoms with Crippen molar-refractivity contribution in [3.05, 3.63) is 28.8 Å². The number of carbonyl (C=O) groups is 1. The largest absolute Gasteiger partial charge is 0.495 e. The summed E-state index contributed by atoms with van der Waals surface area (Å²) < 4.78 is 10.1. The summed E-state index contributed by atoms with van der Waals surface area (Å²) in [6.07, 6.45) is 0.868. The van der Waals surface area contributed by atoms with Gasteiger partial charge in [-0.15, -0.1) is 0 Å². The Morgan fingerprint density at radius 1 is 1.42 bits per heavy atom. The SMILES string of the molecule is COc1cc(/C=N/NC(=O)OC(C)(C)C)ccc1Cl. The van der Waals surface area contributed by atoms with Gasteiger partial charge in [0.25, 0.3) is 0 Å². The first-order valence-corrected chi connectivity index (χ1v) is 6.05. The molecule has 0 bridgehead atoms. The molecule has 0 aliphatic heterocycles. The molecule has 0 aliphatic carbocycles. The molecule has 0 saturated heterocycles. The zero-order valence-electron chi connectivity index (χ0n) is 11.4. The fraction of sp³-hybridized carbons (Fsp3) is 0.385. The zero-order chi connectivity index (χ0) is 14.5. The van der Waals surface area contributed by atoms with Crippen LogP contribution >= 0.6 is 11.6 Å². The van der Waals surface area contributed by atoms with Crippen molar-refractivity contribution in [3.8, 4) is 5.75 Å². The maximum absolute atomic E-state index is 11.3. The van der Waals surface area contributed by atoms with Crippen molar-refractivity contribution >= 4 is 23.9 Å². The lowest BCUT2D eigenvalue weighted by atomic mass is 10.2. The smallest absolute Gasteiger partial charge is 0.428 e. The van der Waals surface area contributed by atoms with Gasteiger partial charge in [0.1, 0.15) is 11.4 Å². The van der Waals surface area contributed by atoms with Gasteiger partial charge in [0, 0.05) is 0 Å². The molecule has 0 atom stereocenters. The fourth-order valence-corrected chi connectivity index (χ4v) is 1.41. The quantitative estimate of drug-likeness (QED) is 0.685. The van der Waals surface area contributed by atoms with E-state index in [-0.39, 0.29) is 0 Å². The van der Waals surface area contributed by atoms with E-state index in [0.29, 0.717) is 10.8 Å². The molecule has 0 unspecified atom stereocenters. The third kappa shape index (κ3) is 5.61. The predicted molar refractivity (Wildman–Crippen MR) is 75.0 cm³/mol. The summed E-state index contributed by atoms with van der Waals surface area (Å²) in [4.78, 5) is 11.3. The molecule has 1 N–H and O–H groups in total. The normalized spacial score (nSPS) is 11.4. The highest BCUT2D eigenvalue weighted by Gasteiger charge is 2.15. The first kappa shape index (κ1) is 15.3. The molecule has 1 rings (SSSR count). The minimum absolute atomic E-state index is 0.514. The number of hydrazone groups is 1. The van der Waals surface area contributed by atoms with Crippen molar-refractivity contribution in [1.29, 1.82) is 0 Å². The summed E-state index contributed by atoms with van der Waals surface area (Å²) in [5.74, 6) is 0.544. The minimum Gasteiger partial charge on any atom is -0.495 e. The fourth-order valence-electron chi connectivity index (χ4n) is 1.22. The van der Waals surface area contributed by atoms with Crippen LogP contribution in [0.2, 0.25) is 5.02 Å². The van der Waals surface area contributed by atoms with Gasteiger partial charge in [-0.2, -0.15) is 5.10 Å². The van der Waals surface area contributed by atoms with Gasteiger partial charge >= 0.3 is 6.09 Å². The van der Waals surface area contributed by atoms with Crippen molar-refractivity contribution in [2.75, 3.05) is 7.11 Å². The highest BCUT2D eigenvalue weighted by molar-refractivity contribution is 6.32. The Kier molecular flexibility index (Phi) is 5.18. The van der Waals surface area contributed by atoms with E-state index in [4.69, 9.17) is 21.1 Å². The van der Waals surface area contributed by atoms with Crippen LogP contribution in [-0.4, -0.2) is 25.0 Å². The number of rotatable bonds is 3. The highest BCUT2D eigenvalue weighted by Crippen LogP contribution is 2.24. The van der Waals surface area contributed by atoms with Crippen LogP contribution in [0.3, 0.4) is 0 Å². The standard InChI is InChI=1S/C13H17ClN2O3/c1-13(2,3)19-12(17)16-15-8-9-5-6-10(14)11(7-9)18-4/h5-8H,1-4H3,(H,16,17)/b15-8+. The average Bonchev–Trinajstić information content (AvgIpc) is 2.29. The third-order valence-corrected chi connectivity index (χ3v) is 2.26. The van der Waals surface area contributed by atoms with Gasteiger partial charge < -0.3 is 9.47 Å². The molecular weight excluding hydrogens is 268 g/mol. The second kappa shape index (κ2) is 6.43. The van der Waals surface area contributed by atoms with E-state index in [1.165, 1.54) is 13.3 Å². The molecule has 104 valence electrons. The Labute approximate surface area is 117 Å². The van der Waals surface area contributed by atoms with E-state index in [9.17, 15) is 4.79 Å². The molecule has 0 saturated carbocycles. The van der Waals surface area contributed by atoms with Crippen molar-refractivity contribution < 1.29 is 14.3 Å². The first-order chi connectivity index (χ1) is 8.81. The van der Waals surface area contributed by atoms with Crippen molar-refractivity contribution in [2.45, 2.75) is 26.4 Å². The van der Waals surface area contributed by atoms with Gasteiger partial charge in [-0.05, 0) is 38.5 Å². The Morgan fingerprint density at radius 2 is 2.11 bits per heavy atom.